The molecule has 1 saturated carbocycles. The molecule has 0 spiro atoms. The third-order valence-corrected chi connectivity index (χ3v) is 3.80. The summed E-state index contributed by atoms with van der Waals surface area (Å²) in [5.41, 5.74) is 1.29. The summed E-state index contributed by atoms with van der Waals surface area (Å²) in [5.74, 6) is -0.823. The number of rotatable bonds is 5. The normalized spacial score (nSPS) is 15.6. The Kier molecular flexibility index (Phi) is 3.56. The number of para-hydroxylation sites is 1. The van der Waals surface area contributed by atoms with Crippen molar-refractivity contribution in [2.45, 2.75) is 25.3 Å². The van der Waals surface area contributed by atoms with Gasteiger partial charge in [-0.2, -0.15) is 0 Å². The molecular weight excluding hydrogens is 268 g/mol. The van der Waals surface area contributed by atoms with Gasteiger partial charge in [-0.25, -0.2) is 0 Å². The Balaban J connectivity index is 1.84. The third-order valence-electron chi connectivity index (χ3n) is 3.80. The van der Waals surface area contributed by atoms with E-state index in [0.717, 1.165) is 23.7 Å². The number of aliphatic carboxylic acids is 1. The summed E-state index contributed by atoms with van der Waals surface area (Å²) in [7, 11) is 0. The second-order valence-corrected chi connectivity index (χ2v) is 5.39. The topological polar surface area (TPSA) is 79.3 Å². The minimum Gasteiger partial charge on any atom is -0.481 e. The van der Waals surface area contributed by atoms with E-state index in [-0.39, 0.29) is 24.3 Å². The van der Waals surface area contributed by atoms with E-state index in [0.29, 0.717) is 5.56 Å². The van der Waals surface area contributed by atoms with Gasteiger partial charge in [0, 0.05) is 17.6 Å². The predicted octanol–water partition coefficient (Wildman–Crippen LogP) is 2.22. The van der Waals surface area contributed by atoms with Gasteiger partial charge in [0.2, 0.25) is 0 Å². The lowest BCUT2D eigenvalue weighted by Gasteiger charge is -2.16. The number of nitrogens with one attached hydrogen (secondary N) is 1. The molecule has 2 aromatic rings. The molecule has 1 aliphatic carbocycles. The molecule has 1 aromatic heterocycles. The highest BCUT2D eigenvalue weighted by molar-refractivity contribution is 6.06. The fraction of sp³-hybridized carbons (Fsp3) is 0.312. The van der Waals surface area contributed by atoms with Crippen LogP contribution in [-0.4, -0.2) is 28.0 Å². The summed E-state index contributed by atoms with van der Waals surface area (Å²) in [4.78, 5) is 27.6. The Morgan fingerprint density at radius 1 is 1.29 bits per heavy atom. The van der Waals surface area contributed by atoms with E-state index in [1.54, 1.807) is 12.3 Å². The van der Waals surface area contributed by atoms with E-state index in [4.69, 9.17) is 5.11 Å². The van der Waals surface area contributed by atoms with Crippen LogP contribution in [0.1, 0.15) is 29.6 Å². The number of carbonyl (C=O) groups is 2. The molecule has 1 amide bonds. The molecule has 2 N–H and O–H groups in total. The number of benzene rings is 1. The van der Waals surface area contributed by atoms with E-state index in [1.807, 2.05) is 24.3 Å². The van der Waals surface area contributed by atoms with Crippen molar-refractivity contribution in [3.63, 3.8) is 0 Å². The summed E-state index contributed by atoms with van der Waals surface area (Å²) in [6.45, 7) is 0. The molecule has 1 atom stereocenters. The van der Waals surface area contributed by atoms with Crippen LogP contribution in [0.4, 0.5) is 0 Å². The first-order valence-electron chi connectivity index (χ1n) is 7.01. The molecule has 1 fully saturated rings. The second-order valence-electron chi connectivity index (χ2n) is 5.39. The average molecular weight is 284 g/mol. The van der Waals surface area contributed by atoms with Gasteiger partial charge in [0.15, 0.2) is 0 Å². The van der Waals surface area contributed by atoms with Crippen LogP contribution in [0, 0.1) is 5.92 Å². The first-order chi connectivity index (χ1) is 10.1. The maximum absolute atomic E-state index is 12.5. The van der Waals surface area contributed by atoms with Gasteiger partial charge < -0.3 is 10.4 Å². The van der Waals surface area contributed by atoms with Crippen molar-refractivity contribution in [1.29, 1.82) is 0 Å². The summed E-state index contributed by atoms with van der Waals surface area (Å²) in [6, 6.07) is 8.80. The number of carboxylic acids is 1. The van der Waals surface area contributed by atoms with Gasteiger partial charge in [-0.3, -0.25) is 14.6 Å². The van der Waals surface area contributed by atoms with Gasteiger partial charge in [0.1, 0.15) is 0 Å². The molecule has 0 bridgehead atoms. The average Bonchev–Trinajstić information content (AvgIpc) is 3.30. The Labute approximate surface area is 122 Å². The van der Waals surface area contributed by atoms with E-state index in [1.165, 1.54) is 0 Å². The number of fused-ring (bicyclic) bond motifs is 1. The monoisotopic (exact) mass is 284 g/mol. The Morgan fingerprint density at radius 3 is 2.76 bits per heavy atom. The summed E-state index contributed by atoms with van der Waals surface area (Å²) < 4.78 is 0. The number of carboxylic acid groups (broad SMARTS) is 1. The van der Waals surface area contributed by atoms with Gasteiger partial charge in [-0.1, -0.05) is 18.2 Å². The molecule has 5 nitrogen and oxygen atoms in total. The van der Waals surface area contributed by atoms with Crippen LogP contribution in [0.3, 0.4) is 0 Å². The lowest BCUT2D eigenvalue weighted by Crippen LogP contribution is -2.38. The van der Waals surface area contributed by atoms with Crippen molar-refractivity contribution < 1.29 is 14.7 Å². The Hall–Kier alpha value is -2.43. The first kappa shape index (κ1) is 13.5. The zero-order chi connectivity index (χ0) is 14.8. The van der Waals surface area contributed by atoms with Crippen LogP contribution < -0.4 is 5.32 Å². The smallest absolute Gasteiger partial charge is 0.305 e. The number of hydrogen-bond donors (Lipinski definition) is 2. The summed E-state index contributed by atoms with van der Waals surface area (Å²) in [6.07, 6.45) is 3.53. The molecule has 1 aliphatic rings. The molecule has 21 heavy (non-hydrogen) atoms. The fourth-order valence-electron chi connectivity index (χ4n) is 2.56. The number of carbonyl (C=O) groups excluding carboxylic acids is 1. The number of aromatic nitrogens is 1. The molecule has 1 aromatic carbocycles. The van der Waals surface area contributed by atoms with Crippen LogP contribution in [0.5, 0.6) is 0 Å². The van der Waals surface area contributed by atoms with Crippen LogP contribution in [0.2, 0.25) is 0 Å². The van der Waals surface area contributed by atoms with E-state index >= 15 is 0 Å². The number of nitrogens with zero attached hydrogens (tertiary/aromatic N) is 1. The summed E-state index contributed by atoms with van der Waals surface area (Å²) in [5, 5.41) is 12.6. The molecule has 5 heteroatoms. The van der Waals surface area contributed by atoms with Crippen LogP contribution in [0.25, 0.3) is 10.9 Å². The molecule has 0 radical (unpaired) electrons. The highest BCUT2D eigenvalue weighted by Crippen LogP contribution is 2.34. The minimum absolute atomic E-state index is 0.0284. The predicted molar refractivity (Wildman–Crippen MR) is 78.0 cm³/mol. The van der Waals surface area contributed by atoms with Crippen LogP contribution in [0.15, 0.2) is 36.5 Å². The number of amides is 1. The van der Waals surface area contributed by atoms with Crippen molar-refractivity contribution in [3.8, 4) is 0 Å². The molecule has 0 saturated heterocycles. The molecule has 1 unspecified atom stereocenters. The summed E-state index contributed by atoms with van der Waals surface area (Å²) >= 11 is 0. The standard InChI is InChI=1S/C16H16N2O3/c19-15(20)9-14(10-5-6-10)18-16(21)12-7-8-17-13-4-2-1-3-11(12)13/h1-4,7-8,10,14H,5-6,9H2,(H,18,21)(H,19,20). The zero-order valence-electron chi connectivity index (χ0n) is 11.5. The number of pyridine rings is 1. The largest absolute Gasteiger partial charge is 0.481 e. The molecule has 1 heterocycles. The highest BCUT2D eigenvalue weighted by Gasteiger charge is 2.34. The van der Waals surface area contributed by atoms with E-state index in [9.17, 15) is 9.59 Å². The Bertz CT molecular complexity index is 689. The molecule has 108 valence electrons. The van der Waals surface area contributed by atoms with Crippen molar-refractivity contribution in [1.82, 2.24) is 10.3 Å². The molecule has 0 aliphatic heterocycles. The van der Waals surface area contributed by atoms with Crippen molar-refractivity contribution in [2.24, 2.45) is 5.92 Å². The first-order valence-corrected chi connectivity index (χ1v) is 7.01. The fourth-order valence-corrected chi connectivity index (χ4v) is 2.56. The minimum atomic E-state index is -0.883. The number of hydrogen-bond acceptors (Lipinski definition) is 3. The van der Waals surface area contributed by atoms with Crippen LogP contribution in [-0.2, 0) is 4.79 Å². The van der Waals surface area contributed by atoms with Crippen molar-refractivity contribution in [3.05, 3.63) is 42.1 Å². The van der Waals surface area contributed by atoms with Crippen molar-refractivity contribution >= 4 is 22.8 Å². The quantitative estimate of drug-likeness (QED) is 0.882. The molecular formula is C16H16N2O3. The van der Waals surface area contributed by atoms with Gasteiger partial charge in [0.05, 0.1) is 17.5 Å². The Morgan fingerprint density at radius 2 is 2.05 bits per heavy atom. The van der Waals surface area contributed by atoms with Gasteiger partial charge in [-0.15, -0.1) is 0 Å². The van der Waals surface area contributed by atoms with Crippen LogP contribution >= 0.6 is 0 Å². The maximum atomic E-state index is 12.5. The third kappa shape index (κ3) is 3.02. The van der Waals surface area contributed by atoms with Gasteiger partial charge >= 0.3 is 5.97 Å². The maximum Gasteiger partial charge on any atom is 0.305 e. The lowest BCUT2D eigenvalue weighted by molar-refractivity contribution is -0.137. The lowest BCUT2D eigenvalue weighted by atomic mass is 10.1. The highest BCUT2D eigenvalue weighted by atomic mass is 16.4. The van der Waals surface area contributed by atoms with Crippen molar-refractivity contribution in [2.75, 3.05) is 0 Å². The van der Waals surface area contributed by atoms with E-state index in [2.05, 4.69) is 10.3 Å². The zero-order valence-corrected chi connectivity index (χ0v) is 11.5. The van der Waals surface area contributed by atoms with E-state index < -0.39 is 5.97 Å². The molecule has 3 rings (SSSR count). The SMILES string of the molecule is O=C(O)CC(NC(=O)c1ccnc2ccccc12)C1CC1. The van der Waals surface area contributed by atoms with Gasteiger partial charge in [-0.05, 0) is 30.9 Å². The second kappa shape index (κ2) is 5.52. The van der Waals surface area contributed by atoms with Gasteiger partial charge in [0.25, 0.3) is 5.91 Å².